The van der Waals surface area contributed by atoms with Crippen LogP contribution < -0.4 is 10.6 Å². The van der Waals surface area contributed by atoms with Crippen molar-refractivity contribution in [1.29, 1.82) is 0 Å². The minimum absolute atomic E-state index is 0.129. The summed E-state index contributed by atoms with van der Waals surface area (Å²) in [5.74, 6) is -0.633. The van der Waals surface area contributed by atoms with E-state index < -0.39 is 16.8 Å². The maximum absolute atomic E-state index is 13.8. The van der Waals surface area contributed by atoms with Gasteiger partial charge in [-0.05, 0) is 44.0 Å². The molecular formula is C29H36N4O4S. The van der Waals surface area contributed by atoms with E-state index in [1.807, 2.05) is 68.4 Å². The molecule has 3 atom stereocenters. The third-order valence-electron chi connectivity index (χ3n) is 7.51. The van der Waals surface area contributed by atoms with Gasteiger partial charge in [0.2, 0.25) is 11.8 Å². The minimum atomic E-state index is -0.742. The van der Waals surface area contributed by atoms with Gasteiger partial charge in [-0.15, -0.1) is 11.8 Å². The molecule has 2 aromatic rings. The number of nitrogens with one attached hydrogen (secondary N) is 2. The summed E-state index contributed by atoms with van der Waals surface area (Å²) >= 11 is 1.62. The summed E-state index contributed by atoms with van der Waals surface area (Å²) in [6, 6.07) is 15.8. The van der Waals surface area contributed by atoms with E-state index in [0.29, 0.717) is 18.5 Å². The molecule has 0 spiro atoms. The summed E-state index contributed by atoms with van der Waals surface area (Å²) in [6.07, 6.45) is 1.20. The molecule has 2 fully saturated rings. The predicted octanol–water partition coefficient (Wildman–Crippen LogP) is 2.60. The van der Waals surface area contributed by atoms with Gasteiger partial charge >= 0.3 is 0 Å². The molecular weight excluding hydrogens is 500 g/mol. The van der Waals surface area contributed by atoms with E-state index in [2.05, 4.69) is 15.5 Å². The van der Waals surface area contributed by atoms with E-state index in [-0.39, 0.29) is 23.1 Å². The van der Waals surface area contributed by atoms with Gasteiger partial charge in [-0.1, -0.05) is 48.5 Å². The number of amides is 3. The summed E-state index contributed by atoms with van der Waals surface area (Å²) in [5.41, 5.74) is 2.56. The monoisotopic (exact) mass is 536 g/mol. The Hall–Kier alpha value is -2.88. The van der Waals surface area contributed by atoms with Crippen molar-refractivity contribution in [2.24, 2.45) is 0 Å². The lowest BCUT2D eigenvalue weighted by Gasteiger charge is -2.31. The molecule has 202 valence electrons. The fourth-order valence-corrected chi connectivity index (χ4v) is 7.16. The molecule has 3 amide bonds. The average Bonchev–Trinajstić information content (AvgIpc) is 3.35. The largest absolute Gasteiger partial charge is 0.379 e. The quantitative estimate of drug-likeness (QED) is 0.479. The van der Waals surface area contributed by atoms with Crippen LogP contribution in [0.4, 0.5) is 0 Å². The van der Waals surface area contributed by atoms with Gasteiger partial charge in [-0.2, -0.15) is 0 Å². The number of ether oxygens (including phenoxy) is 1. The Morgan fingerprint density at radius 2 is 1.79 bits per heavy atom. The van der Waals surface area contributed by atoms with Crippen LogP contribution >= 0.6 is 11.8 Å². The molecule has 38 heavy (non-hydrogen) atoms. The highest BCUT2D eigenvalue weighted by Gasteiger charge is 2.57. The number of fused-ring (bicyclic) bond motifs is 3. The number of thioether (sulfide) groups is 1. The molecule has 8 nitrogen and oxygen atoms in total. The van der Waals surface area contributed by atoms with E-state index in [1.165, 1.54) is 0 Å². The number of rotatable bonds is 9. The summed E-state index contributed by atoms with van der Waals surface area (Å²) in [4.78, 5) is 44.5. The van der Waals surface area contributed by atoms with Gasteiger partial charge in [-0.3, -0.25) is 19.3 Å². The van der Waals surface area contributed by atoms with Crippen molar-refractivity contribution in [2.75, 3.05) is 39.4 Å². The van der Waals surface area contributed by atoms with Crippen molar-refractivity contribution < 1.29 is 19.1 Å². The second-order valence-corrected chi connectivity index (χ2v) is 12.4. The van der Waals surface area contributed by atoms with Gasteiger partial charge in [0.25, 0.3) is 5.91 Å². The van der Waals surface area contributed by atoms with Gasteiger partial charge in [0.1, 0.15) is 17.5 Å². The third-order valence-corrected chi connectivity index (χ3v) is 9.05. The summed E-state index contributed by atoms with van der Waals surface area (Å²) in [5, 5.41) is 5.86. The van der Waals surface area contributed by atoms with Gasteiger partial charge in [0.15, 0.2) is 0 Å². The van der Waals surface area contributed by atoms with Gasteiger partial charge < -0.3 is 20.3 Å². The fraction of sp³-hybridized carbons (Fsp3) is 0.483. The molecule has 2 saturated heterocycles. The topological polar surface area (TPSA) is 91.0 Å². The first-order valence-electron chi connectivity index (χ1n) is 13.4. The molecule has 0 bridgehead atoms. The fourth-order valence-electron chi connectivity index (χ4n) is 5.58. The van der Waals surface area contributed by atoms with Crippen LogP contribution in [-0.4, -0.2) is 83.7 Å². The predicted molar refractivity (Wildman–Crippen MR) is 148 cm³/mol. The maximum Gasteiger partial charge on any atom is 0.256 e. The van der Waals surface area contributed by atoms with Crippen LogP contribution in [-0.2, 0) is 20.7 Å². The molecule has 2 aromatic carbocycles. The molecule has 9 heteroatoms. The van der Waals surface area contributed by atoms with Crippen LogP contribution in [0.2, 0.25) is 0 Å². The van der Waals surface area contributed by atoms with Crippen LogP contribution in [0, 0.1) is 0 Å². The Kier molecular flexibility index (Phi) is 8.07. The van der Waals surface area contributed by atoms with E-state index in [1.54, 1.807) is 16.7 Å². The van der Waals surface area contributed by atoms with Gasteiger partial charge in [0.05, 0.1) is 13.2 Å². The lowest BCUT2D eigenvalue weighted by molar-refractivity contribution is -0.131. The van der Waals surface area contributed by atoms with E-state index in [0.717, 1.165) is 50.4 Å². The minimum Gasteiger partial charge on any atom is -0.379 e. The zero-order valence-corrected chi connectivity index (χ0v) is 22.8. The molecule has 3 aliphatic heterocycles. The highest BCUT2D eigenvalue weighted by atomic mass is 32.2. The maximum atomic E-state index is 13.8. The second-order valence-electron chi connectivity index (χ2n) is 10.6. The van der Waals surface area contributed by atoms with Crippen LogP contribution in [0.3, 0.4) is 0 Å². The molecule has 3 heterocycles. The van der Waals surface area contributed by atoms with Crippen LogP contribution in [0.5, 0.6) is 0 Å². The van der Waals surface area contributed by atoms with Crippen LogP contribution in [0.25, 0.3) is 0 Å². The Bertz CT molecular complexity index is 1170. The Morgan fingerprint density at radius 3 is 2.55 bits per heavy atom. The number of morpholine rings is 1. The van der Waals surface area contributed by atoms with E-state index in [9.17, 15) is 14.4 Å². The lowest BCUT2D eigenvalue weighted by Crippen LogP contribution is -2.57. The first-order valence-corrected chi connectivity index (χ1v) is 14.2. The molecule has 0 aliphatic carbocycles. The van der Waals surface area contributed by atoms with Crippen molar-refractivity contribution in [3.8, 4) is 0 Å². The number of carbonyl (C=O) groups is 3. The number of carbonyl (C=O) groups excluding carboxylic acids is 3. The summed E-state index contributed by atoms with van der Waals surface area (Å²) in [6.45, 7) is 8.74. The van der Waals surface area contributed by atoms with Crippen LogP contribution in [0.1, 0.15) is 47.1 Å². The van der Waals surface area contributed by atoms with Gasteiger partial charge in [0, 0.05) is 36.4 Å². The second kappa shape index (κ2) is 11.5. The first-order chi connectivity index (χ1) is 18.3. The summed E-state index contributed by atoms with van der Waals surface area (Å²) < 4.78 is 4.89. The van der Waals surface area contributed by atoms with Crippen LogP contribution in [0.15, 0.2) is 54.6 Å². The zero-order chi connectivity index (χ0) is 26.7. The van der Waals surface area contributed by atoms with Crippen molar-refractivity contribution >= 4 is 29.5 Å². The van der Waals surface area contributed by atoms with Crippen molar-refractivity contribution in [2.45, 2.75) is 48.9 Å². The Labute approximate surface area is 228 Å². The highest BCUT2D eigenvalue weighted by Crippen LogP contribution is 2.56. The molecule has 0 unspecified atom stereocenters. The molecule has 5 rings (SSSR count). The standard InChI is InChI=1S/C29H36N4O4S/c1-29(2)24(33-27(36)21-11-6-7-12-22(21)28(33)38-29)26(35)31-23(19-20-9-4-3-5-10-20)25(34)30-13-8-14-32-15-17-37-18-16-32/h3-7,9-12,23-24,28H,8,13-19H2,1-2H3,(H,30,34)(H,31,35)/t23-,24+,28-/m0/s1. The molecule has 0 saturated carbocycles. The summed E-state index contributed by atoms with van der Waals surface area (Å²) in [7, 11) is 0. The third kappa shape index (κ3) is 5.60. The normalized spacial score (nSPS) is 23.0. The lowest BCUT2D eigenvalue weighted by atomic mass is 9.99. The van der Waals surface area contributed by atoms with E-state index in [4.69, 9.17) is 4.74 Å². The molecule has 0 aromatic heterocycles. The smallest absolute Gasteiger partial charge is 0.256 e. The zero-order valence-electron chi connectivity index (χ0n) is 22.0. The van der Waals surface area contributed by atoms with E-state index >= 15 is 0 Å². The number of hydrogen-bond donors (Lipinski definition) is 2. The number of nitrogens with zero attached hydrogens (tertiary/aromatic N) is 2. The Balaban J connectivity index is 1.27. The molecule has 0 radical (unpaired) electrons. The van der Waals surface area contributed by atoms with Crippen molar-refractivity contribution in [1.82, 2.24) is 20.4 Å². The molecule has 3 aliphatic rings. The first kappa shape index (κ1) is 26.7. The number of benzene rings is 2. The average molecular weight is 537 g/mol. The molecule has 2 N–H and O–H groups in total. The van der Waals surface area contributed by atoms with Gasteiger partial charge in [-0.25, -0.2) is 0 Å². The number of hydrogen-bond acceptors (Lipinski definition) is 6. The van der Waals surface area contributed by atoms with Crippen molar-refractivity contribution in [3.05, 3.63) is 71.3 Å². The highest BCUT2D eigenvalue weighted by molar-refractivity contribution is 8.01. The Morgan fingerprint density at radius 1 is 1.08 bits per heavy atom. The SMILES string of the molecule is CC1(C)S[C@H]2c3ccccc3C(=O)N2[C@@H]1C(=O)N[C@@H](Cc1ccccc1)C(=O)NCCCN1CCOCC1. The van der Waals surface area contributed by atoms with Crippen molar-refractivity contribution in [3.63, 3.8) is 0 Å².